The van der Waals surface area contributed by atoms with Gasteiger partial charge in [-0.05, 0) is 81.1 Å². The summed E-state index contributed by atoms with van der Waals surface area (Å²) in [5.41, 5.74) is 1.38. The first-order chi connectivity index (χ1) is 18.4. The van der Waals surface area contributed by atoms with Crippen LogP contribution in [-0.4, -0.2) is 40.5 Å². The number of ether oxygens (including phenoxy) is 1. The predicted octanol–water partition coefficient (Wildman–Crippen LogP) is 6.70. The number of nitrogens with zero attached hydrogens (tertiary/aromatic N) is 1. The molecular formula is C32H39N3O4. The molecule has 3 amide bonds. The van der Waals surface area contributed by atoms with Crippen molar-refractivity contribution in [1.29, 1.82) is 0 Å². The number of amides is 3. The van der Waals surface area contributed by atoms with Gasteiger partial charge in [0.2, 0.25) is 5.91 Å². The molecule has 0 aliphatic rings. The molecule has 2 N–H and O–H groups in total. The molecule has 0 heterocycles. The van der Waals surface area contributed by atoms with Crippen molar-refractivity contribution in [2.45, 2.75) is 71.7 Å². The van der Waals surface area contributed by atoms with Crippen LogP contribution in [0.15, 0.2) is 73.3 Å². The van der Waals surface area contributed by atoms with E-state index < -0.39 is 29.7 Å². The van der Waals surface area contributed by atoms with Gasteiger partial charge >= 0.3 is 6.09 Å². The van der Waals surface area contributed by atoms with Crippen LogP contribution in [0.2, 0.25) is 0 Å². The normalized spacial score (nSPS) is 13.6. The minimum atomic E-state index is -0.957. The molecule has 0 aromatic heterocycles. The van der Waals surface area contributed by atoms with E-state index in [2.05, 4.69) is 17.2 Å². The summed E-state index contributed by atoms with van der Waals surface area (Å²) in [5.74, 6) is -0.748. The standard InChI is InChI=1S/C32H39N3O4/c1-8-21(3)35(30(37)22(4)33-31(38)39-32(5,6)7)28(26-16-12-13-23(9-2)19-26)29(36)34-27-18-17-24-14-10-11-15-25(24)20-27/h9-22,28H,2,8H2,1,3-7H3,(H,33,38)(H,34,36). The van der Waals surface area contributed by atoms with Gasteiger partial charge in [0.1, 0.15) is 17.7 Å². The molecular weight excluding hydrogens is 490 g/mol. The van der Waals surface area contributed by atoms with Crippen LogP contribution in [0.25, 0.3) is 16.8 Å². The Morgan fingerprint density at radius 2 is 1.67 bits per heavy atom. The molecule has 0 fully saturated rings. The highest BCUT2D eigenvalue weighted by Gasteiger charge is 2.37. The van der Waals surface area contributed by atoms with E-state index in [1.807, 2.05) is 80.6 Å². The fourth-order valence-corrected chi connectivity index (χ4v) is 4.34. The lowest BCUT2D eigenvalue weighted by atomic mass is 9.98. The zero-order valence-electron chi connectivity index (χ0n) is 23.7. The van der Waals surface area contributed by atoms with E-state index in [0.29, 0.717) is 17.7 Å². The van der Waals surface area contributed by atoms with E-state index in [1.54, 1.807) is 38.7 Å². The van der Waals surface area contributed by atoms with Gasteiger partial charge in [-0.2, -0.15) is 0 Å². The Labute approximate surface area is 231 Å². The van der Waals surface area contributed by atoms with Crippen molar-refractivity contribution < 1.29 is 19.1 Å². The number of carbonyl (C=O) groups excluding carboxylic acids is 3. The summed E-state index contributed by atoms with van der Waals surface area (Å²) in [6.45, 7) is 14.6. The quantitative estimate of drug-likeness (QED) is 0.323. The smallest absolute Gasteiger partial charge is 0.408 e. The van der Waals surface area contributed by atoms with Crippen molar-refractivity contribution >= 4 is 40.4 Å². The fraction of sp³-hybridized carbons (Fsp3) is 0.344. The van der Waals surface area contributed by atoms with Gasteiger partial charge in [0.25, 0.3) is 5.91 Å². The molecule has 0 aliphatic heterocycles. The number of anilines is 1. The first kappa shape index (κ1) is 29.4. The zero-order chi connectivity index (χ0) is 28.7. The number of rotatable bonds is 9. The van der Waals surface area contributed by atoms with Crippen LogP contribution >= 0.6 is 0 Å². The van der Waals surface area contributed by atoms with Crippen molar-refractivity contribution in [3.8, 4) is 0 Å². The lowest BCUT2D eigenvalue weighted by molar-refractivity contribution is -0.143. The monoisotopic (exact) mass is 529 g/mol. The third-order valence-electron chi connectivity index (χ3n) is 6.43. The average molecular weight is 530 g/mol. The van der Waals surface area contributed by atoms with E-state index in [9.17, 15) is 14.4 Å². The van der Waals surface area contributed by atoms with Gasteiger partial charge < -0.3 is 20.3 Å². The SMILES string of the molecule is C=Cc1cccc(C(C(=O)Nc2ccc3ccccc3c2)N(C(=O)C(C)NC(=O)OC(C)(C)C)C(C)CC)c1. The highest BCUT2D eigenvalue weighted by atomic mass is 16.6. The second-order valence-electron chi connectivity index (χ2n) is 10.7. The summed E-state index contributed by atoms with van der Waals surface area (Å²) in [6, 6.07) is 18.8. The molecule has 0 bridgehead atoms. The Morgan fingerprint density at radius 3 is 2.31 bits per heavy atom. The third kappa shape index (κ3) is 7.69. The molecule has 39 heavy (non-hydrogen) atoms. The summed E-state index contributed by atoms with van der Waals surface area (Å²) in [5, 5.41) is 7.71. The van der Waals surface area contributed by atoms with Crippen molar-refractivity contribution in [3.63, 3.8) is 0 Å². The Morgan fingerprint density at radius 1 is 0.974 bits per heavy atom. The van der Waals surface area contributed by atoms with Gasteiger partial charge in [0, 0.05) is 11.7 Å². The predicted molar refractivity (Wildman–Crippen MR) is 157 cm³/mol. The molecule has 0 aliphatic carbocycles. The van der Waals surface area contributed by atoms with Gasteiger partial charge in [-0.15, -0.1) is 0 Å². The van der Waals surface area contributed by atoms with E-state index in [-0.39, 0.29) is 11.9 Å². The summed E-state index contributed by atoms with van der Waals surface area (Å²) in [4.78, 5) is 41.9. The maximum Gasteiger partial charge on any atom is 0.408 e. The molecule has 3 aromatic carbocycles. The van der Waals surface area contributed by atoms with Gasteiger partial charge in [0.15, 0.2) is 0 Å². The summed E-state index contributed by atoms with van der Waals surface area (Å²) >= 11 is 0. The Hall–Kier alpha value is -4.13. The zero-order valence-corrected chi connectivity index (χ0v) is 23.7. The molecule has 3 rings (SSSR count). The van der Waals surface area contributed by atoms with E-state index in [0.717, 1.165) is 16.3 Å². The first-order valence-electron chi connectivity index (χ1n) is 13.3. The van der Waals surface area contributed by atoms with Gasteiger partial charge in [-0.25, -0.2) is 4.79 Å². The first-order valence-corrected chi connectivity index (χ1v) is 13.3. The topological polar surface area (TPSA) is 87.7 Å². The second-order valence-corrected chi connectivity index (χ2v) is 10.7. The summed E-state index contributed by atoms with van der Waals surface area (Å²) in [6.07, 6.45) is 1.61. The van der Waals surface area contributed by atoms with E-state index >= 15 is 0 Å². The number of nitrogens with one attached hydrogen (secondary N) is 2. The number of alkyl carbamates (subject to hydrolysis) is 1. The molecule has 3 atom stereocenters. The van der Waals surface area contributed by atoms with Crippen LogP contribution in [0.1, 0.15) is 65.1 Å². The number of hydrogen-bond donors (Lipinski definition) is 2. The molecule has 206 valence electrons. The van der Waals surface area contributed by atoms with Crippen molar-refractivity contribution in [2.75, 3.05) is 5.32 Å². The van der Waals surface area contributed by atoms with Crippen LogP contribution in [0.3, 0.4) is 0 Å². The summed E-state index contributed by atoms with van der Waals surface area (Å²) < 4.78 is 5.35. The fourth-order valence-electron chi connectivity index (χ4n) is 4.34. The van der Waals surface area contributed by atoms with Crippen LogP contribution < -0.4 is 10.6 Å². The van der Waals surface area contributed by atoms with Gasteiger partial charge in [0.05, 0.1) is 0 Å². The molecule has 0 saturated heterocycles. The Kier molecular flexibility index (Phi) is 9.51. The molecule has 0 saturated carbocycles. The number of benzene rings is 3. The molecule has 7 nitrogen and oxygen atoms in total. The van der Waals surface area contributed by atoms with E-state index in [4.69, 9.17) is 4.74 Å². The molecule has 0 radical (unpaired) electrons. The number of fused-ring (bicyclic) bond motifs is 1. The minimum Gasteiger partial charge on any atom is -0.444 e. The van der Waals surface area contributed by atoms with Crippen molar-refractivity contribution in [1.82, 2.24) is 10.2 Å². The lowest BCUT2D eigenvalue weighted by Gasteiger charge is -2.37. The van der Waals surface area contributed by atoms with Crippen LogP contribution in [0.5, 0.6) is 0 Å². The maximum absolute atomic E-state index is 14.0. The van der Waals surface area contributed by atoms with Crippen LogP contribution in [0.4, 0.5) is 10.5 Å². The maximum atomic E-state index is 14.0. The average Bonchev–Trinajstić information content (AvgIpc) is 2.89. The second kappa shape index (κ2) is 12.6. The molecule has 3 unspecified atom stereocenters. The van der Waals surface area contributed by atoms with Gasteiger partial charge in [-0.1, -0.05) is 68.1 Å². The number of carbonyl (C=O) groups is 3. The highest BCUT2D eigenvalue weighted by molar-refractivity contribution is 6.00. The highest BCUT2D eigenvalue weighted by Crippen LogP contribution is 2.29. The molecule has 7 heteroatoms. The summed E-state index contributed by atoms with van der Waals surface area (Å²) in [7, 11) is 0. The number of hydrogen-bond acceptors (Lipinski definition) is 4. The van der Waals surface area contributed by atoms with Crippen LogP contribution in [-0.2, 0) is 14.3 Å². The van der Waals surface area contributed by atoms with E-state index in [1.165, 1.54) is 0 Å². The van der Waals surface area contributed by atoms with Gasteiger partial charge in [-0.3, -0.25) is 9.59 Å². The molecule has 0 spiro atoms. The minimum absolute atomic E-state index is 0.305. The largest absolute Gasteiger partial charge is 0.444 e. The third-order valence-corrected chi connectivity index (χ3v) is 6.43. The van der Waals surface area contributed by atoms with Crippen molar-refractivity contribution in [2.24, 2.45) is 0 Å². The Balaban J connectivity index is 2.01. The van der Waals surface area contributed by atoms with Crippen LogP contribution in [0, 0.1) is 0 Å². The lowest BCUT2D eigenvalue weighted by Crippen LogP contribution is -2.53. The van der Waals surface area contributed by atoms with Crippen molar-refractivity contribution in [3.05, 3.63) is 84.4 Å². The Bertz CT molecular complexity index is 1340. The molecule has 3 aromatic rings.